The van der Waals surface area contributed by atoms with Crippen molar-refractivity contribution in [3.05, 3.63) is 102 Å². The third-order valence-corrected chi connectivity index (χ3v) is 7.72. The molecule has 5 rings (SSSR count). The van der Waals surface area contributed by atoms with Crippen LogP contribution in [0.1, 0.15) is 11.1 Å². The fraction of sp³-hybridized carbons (Fsp3) is 0.154. The zero-order valence-electron chi connectivity index (χ0n) is 18.2. The van der Waals surface area contributed by atoms with Crippen LogP contribution in [0.15, 0.2) is 96.0 Å². The number of fused-ring (bicyclic) bond motifs is 1. The van der Waals surface area contributed by atoms with Crippen LogP contribution in [0.25, 0.3) is 10.9 Å². The molecule has 8 heteroatoms. The molecule has 0 bridgehead atoms. The van der Waals surface area contributed by atoms with E-state index in [1.807, 2.05) is 42.5 Å². The molecule has 1 fully saturated rings. The summed E-state index contributed by atoms with van der Waals surface area (Å²) in [6.45, 7) is 0. The molecule has 3 aromatic carbocycles. The number of nitrogens with zero attached hydrogens (tertiary/aromatic N) is 1. The van der Waals surface area contributed by atoms with Gasteiger partial charge in [0.1, 0.15) is 12.1 Å². The fourth-order valence-electron chi connectivity index (χ4n) is 4.32. The number of carbonyl (C=O) groups excluding carboxylic acids is 2. The normalized spacial score (nSPS) is 18.5. The number of aromatic nitrogens is 1. The van der Waals surface area contributed by atoms with Crippen LogP contribution in [0.4, 0.5) is 0 Å². The predicted octanol–water partition coefficient (Wildman–Crippen LogP) is 2.65. The van der Waals surface area contributed by atoms with Crippen molar-refractivity contribution in [3.63, 3.8) is 0 Å². The Hall–Kier alpha value is -3.91. The minimum atomic E-state index is -3.82. The highest BCUT2D eigenvalue weighted by atomic mass is 32.2. The van der Waals surface area contributed by atoms with E-state index in [-0.39, 0.29) is 23.1 Å². The number of benzene rings is 3. The van der Waals surface area contributed by atoms with Crippen LogP contribution in [0.2, 0.25) is 0 Å². The van der Waals surface area contributed by atoms with Crippen molar-refractivity contribution < 1.29 is 18.0 Å². The van der Waals surface area contributed by atoms with Gasteiger partial charge in [-0.15, -0.1) is 0 Å². The van der Waals surface area contributed by atoms with Crippen molar-refractivity contribution in [3.8, 4) is 0 Å². The van der Waals surface area contributed by atoms with Crippen LogP contribution in [0, 0.1) is 0 Å². The Morgan fingerprint density at radius 2 is 1.26 bits per heavy atom. The quantitative estimate of drug-likeness (QED) is 0.450. The van der Waals surface area contributed by atoms with Gasteiger partial charge in [0.05, 0.1) is 10.4 Å². The first-order chi connectivity index (χ1) is 16.4. The molecule has 1 saturated heterocycles. The van der Waals surface area contributed by atoms with Crippen molar-refractivity contribution >= 4 is 32.7 Å². The van der Waals surface area contributed by atoms with Crippen LogP contribution in [0.5, 0.6) is 0 Å². The maximum Gasteiger partial charge on any atom is 0.268 e. The minimum Gasteiger partial charge on any atom is -0.342 e. The summed E-state index contributed by atoms with van der Waals surface area (Å²) in [6, 6.07) is 23.4. The SMILES string of the molecule is O=C1N[C@H](Cc2ccccc2)C(=O)N[C@H]1Cc1cn(S(=O)(=O)c2ccccc2)c2ccccc12. The molecule has 0 unspecified atom stereocenters. The zero-order valence-corrected chi connectivity index (χ0v) is 19.0. The Morgan fingerprint density at radius 3 is 1.94 bits per heavy atom. The zero-order chi connectivity index (χ0) is 23.7. The molecule has 0 radical (unpaired) electrons. The number of nitrogens with one attached hydrogen (secondary N) is 2. The van der Waals surface area contributed by atoms with E-state index in [1.165, 1.54) is 3.97 Å². The van der Waals surface area contributed by atoms with Crippen LogP contribution in [0.3, 0.4) is 0 Å². The Morgan fingerprint density at radius 1 is 0.706 bits per heavy atom. The van der Waals surface area contributed by atoms with Crippen molar-refractivity contribution in [2.24, 2.45) is 0 Å². The largest absolute Gasteiger partial charge is 0.342 e. The second-order valence-electron chi connectivity index (χ2n) is 8.30. The van der Waals surface area contributed by atoms with E-state index in [0.717, 1.165) is 10.9 Å². The fourth-order valence-corrected chi connectivity index (χ4v) is 5.73. The highest BCUT2D eigenvalue weighted by Gasteiger charge is 2.34. The van der Waals surface area contributed by atoms with Gasteiger partial charge in [0.25, 0.3) is 10.0 Å². The lowest BCUT2D eigenvalue weighted by Gasteiger charge is -2.29. The van der Waals surface area contributed by atoms with E-state index in [2.05, 4.69) is 10.6 Å². The number of piperazine rings is 1. The van der Waals surface area contributed by atoms with E-state index in [4.69, 9.17) is 0 Å². The average Bonchev–Trinajstić information content (AvgIpc) is 3.23. The monoisotopic (exact) mass is 473 g/mol. The molecule has 7 nitrogen and oxygen atoms in total. The topological polar surface area (TPSA) is 97.3 Å². The number of hydrogen-bond acceptors (Lipinski definition) is 4. The van der Waals surface area contributed by atoms with Gasteiger partial charge >= 0.3 is 0 Å². The molecule has 1 aliphatic heterocycles. The lowest BCUT2D eigenvalue weighted by molar-refractivity contribution is -0.136. The number of carbonyl (C=O) groups is 2. The van der Waals surface area contributed by atoms with Gasteiger partial charge in [-0.1, -0.05) is 66.7 Å². The predicted molar refractivity (Wildman–Crippen MR) is 129 cm³/mol. The van der Waals surface area contributed by atoms with E-state index < -0.39 is 22.1 Å². The van der Waals surface area contributed by atoms with Gasteiger partial charge in [-0.2, -0.15) is 0 Å². The lowest BCUT2D eigenvalue weighted by Crippen LogP contribution is -2.62. The third-order valence-electron chi connectivity index (χ3n) is 6.03. The summed E-state index contributed by atoms with van der Waals surface area (Å²) >= 11 is 0. The second-order valence-corrected chi connectivity index (χ2v) is 10.1. The first-order valence-corrected chi connectivity index (χ1v) is 12.4. The van der Waals surface area contributed by atoms with E-state index in [1.54, 1.807) is 48.7 Å². The van der Waals surface area contributed by atoms with Crippen LogP contribution in [-0.2, 0) is 32.5 Å². The second kappa shape index (κ2) is 8.79. The summed E-state index contributed by atoms with van der Waals surface area (Å²) in [5.41, 5.74) is 2.14. The maximum absolute atomic E-state index is 13.3. The third kappa shape index (κ3) is 4.08. The maximum atomic E-state index is 13.3. The van der Waals surface area contributed by atoms with E-state index in [0.29, 0.717) is 17.5 Å². The van der Waals surface area contributed by atoms with Crippen molar-refractivity contribution in [1.29, 1.82) is 0 Å². The molecule has 34 heavy (non-hydrogen) atoms. The Labute approximate surface area is 197 Å². The molecule has 2 atom stereocenters. The first kappa shape index (κ1) is 21.9. The van der Waals surface area contributed by atoms with Crippen molar-refractivity contribution in [2.45, 2.75) is 29.8 Å². The highest BCUT2D eigenvalue weighted by Crippen LogP contribution is 2.27. The van der Waals surface area contributed by atoms with Gasteiger partial charge in [0.15, 0.2) is 0 Å². The Kier molecular flexibility index (Phi) is 5.67. The lowest BCUT2D eigenvalue weighted by atomic mass is 9.98. The van der Waals surface area contributed by atoms with E-state index >= 15 is 0 Å². The van der Waals surface area contributed by atoms with Crippen LogP contribution in [-0.4, -0.2) is 36.3 Å². The summed E-state index contributed by atoms with van der Waals surface area (Å²) in [7, 11) is -3.82. The number of rotatable bonds is 6. The molecular formula is C26H23N3O4S. The number of hydrogen-bond donors (Lipinski definition) is 2. The molecule has 2 amide bonds. The molecule has 2 heterocycles. The Bertz CT molecular complexity index is 1460. The van der Waals surface area contributed by atoms with E-state index in [9.17, 15) is 18.0 Å². The summed E-state index contributed by atoms with van der Waals surface area (Å²) in [6.07, 6.45) is 2.12. The van der Waals surface area contributed by atoms with Gasteiger partial charge < -0.3 is 10.6 Å². The Balaban J connectivity index is 1.42. The van der Waals surface area contributed by atoms with Gasteiger partial charge in [-0.05, 0) is 29.3 Å². The van der Waals surface area contributed by atoms with Gasteiger partial charge in [-0.25, -0.2) is 12.4 Å². The molecule has 0 aliphatic carbocycles. The average molecular weight is 474 g/mol. The molecule has 1 aliphatic rings. The molecule has 0 saturated carbocycles. The van der Waals surface area contributed by atoms with Crippen molar-refractivity contribution in [2.75, 3.05) is 0 Å². The molecule has 4 aromatic rings. The molecule has 2 N–H and O–H groups in total. The molecule has 172 valence electrons. The van der Waals surface area contributed by atoms with Gasteiger partial charge in [0.2, 0.25) is 11.8 Å². The number of para-hydroxylation sites is 1. The number of amides is 2. The van der Waals surface area contributed by atoms with Gasteiger partial charge in [-0.3, -0.25) is 9.59 Å². The summed E-state index contributed by atoms with van der Waals surface area (Å²) in [4.78, 5) is 25.8. The standard InChI is InChI=1S/C26H23N3O4S/c30-25-22(15-18-9-3-1-4-10-18)27-26(31)23(28-25)16-19-17-29(24-14-8-7-13-21(19)24)34(32,33)20-11-5-2-6-12-20/h1-14,17,22-23H,15-16H2,(H,27,31)(H,28,30)/t22-,23+/m1/s1. The molecule has 1 aromatic heterocycles. The minimum absolute atomic E-state index is 0.174. The summed E-state index contributed by atoms with van der Waals surface area (Å²) in [5.74, 6) is -0.544. The molecule has 0 spiro atoms. The van der Waals surface area contributed by atoms with Gasteiger partial charge in [0, 0.05) is 24.4 Å². The smallest absolute Gasteiger partial charge is 0.268 e. The first-order valence-electron chi connectivity index (χ1n) is 11.0. The molecular weight excluding hydrogens is 450 g/mol. The van der Waals surface area contributed by atoms with Crippen LogP contribution < -0.4 is 10.6 Å². The highest BCUT2D eigenvalue weighted by molar-refractivity contribution is 7.90. The van der Waals surface area contributed by atoms with Crippen molar-refractivity contribution in [1.82, 2.24) is 14.6 Å². The summed E-state index contributed by atoms with van der Waals surface area (Å²) < 4.78 is 27.8. The summed E-state index contributed by atoms with van der Waals surface area (Å²) in [5, 5.41) is 6.36. The van der Waals surface area contributed by atoms with Crippen LogP contribution >= 0.6 is 0 Å².